The Morgan fingerprint density at radius 3 is 2.95 bits per heavy atom. The Morgan fingerprint density at radius 1 is 1.60 bits per heavy atom. The fraction of sp³-hybridized carbons (Fsp3) is 0.286. The van der Waals surface area contributed by atoms with Gasteiger partial charge in [-0.15, -0.1) is 11.3 Å². The number of amides is 1. The van der Waals surface area contributed by atoms with Crippen molar-refractivity contribution in [2.45, 2.75) is 6.92 Å². The largest absolute Gasteiger partial charge is 0.397 e. The number of anilines is 1. The molecule has 2 aromatic rings. The number of rotatable bonds is 3. The maximum atomic E-state index is 12.4. The zero-order valence-electron chi connectivity index (χ0n) is 11.2. The van der Waals surface area contributed by atoms with Crippen LogP contribution in [0.2, 0.25) is 5.02 Å². The van der Waals surface area contributed by atoms with Gasteiger partial charge in [-0.05, 0) is 25.1 Å². The molecule has 104 valence electrons. The second-order valence-electron chi connectivity index (χ2n) is 4.70. The Hall–Kier alpha value is -1.77. The third-order valence-corrected chi connectivity index (χ3v) is 4.39. The SMILES string of the molecule is CC(C#N)CN(C)C(=O)c1sc2cc(Cl)ccc2c1N. The van der Waals surface area contributed by atoms with Gasteiger partial charge in [-0.3, -0.25) is 4.79 Å². The van der Waals surface area contributed by atoms with Crippen LogP contribution in [0.4, 0.5) is 5.69 Å². The molecule has 1 amide bonds. The average Bonchev–Trinajstić information content (AvgIpc) is 2.74. The topological polar surface area (TPSA) is 70.1 Å². The highest BCUT2D eigenvalue weighted by molar-refractivity contribution is 7.21. The lowest BCUT2D eigenvalue weighted by Crippen LogP contribution is -2.30. The van der Waals surface area contributed by atoms with Crippen LogP contribution >= 0.6 is 22.9 Å². The van der Waals surface area contributed by atoms with Crippen molar-refractivity contribution in [3.63, 3.8) is 0 Å². The Kier molecular flexibility index (Phi) is 4.17. The van der Waals surface area contributed by atoms with Gasteiger partial charge in [0.25, 0.3) is 5.91 Å². The molecule has 2 N–H and O–H groups in total. The smallest absolute Gasteiger partial charge is 0.265 e. The van der Waals surface area contributed by atoms with Crippen LogP contribution in [-0.2, 0) is 0 Å². The maximum absolute atomic E-state index is 12.4. The van der Waals surface area contributed by atoms with Crippen LogP contribution in [0.5, 0.6) is 0 Å². The van der Waals surface area contributed by atoms with E-state index in [1.807, 2.05) is 6.07 Å². The predicted molar refractivity (Wildman–Crippen MR) is 83.0 cm³/mol. The first-order chi connectivity index (χ1) is 9.43. The van der Waals surface area contributed by atoms with E-state index in [-0.39, 0.29) is 11.8 Å². The van der Waals surface area contributed by atoms with Gasteiger partial charge in [0.1, 0.15) is 4.88 Å². The predicted octanol–water partition coefficient (Wildman–Crippen LogP) is 3.37. The summed E-state index contributed by atoms with van der Waals surface area (Å²) in [5.41, 5.74) is 6.52. The van der Waals surface area contributed by atoms with E-state index >= 15 is 0 Å². The molecule has 0 spiro atoms. The zero-order chi connectivity index (χ0) is 14.9. The van der Waals surface area contributed by atoms with Crippen molar-refractivity contribution in [3.05, 3.63) is 28.1 Å². The summed E-state index contributed by atoms with van der Waals surface area (Å²) in [5, 5.41) is 10.3. The molecule has 1 aromatic carbocycles. The third kappa shape index (κ3) is 2.72. The van der Waals surface area contributed by atoms with E-state index in [1.165, 1.54) is 16.2 Å². The first-order valence-corrected chi connectivity index (χ1v) is 7.26. The average molecular weight is 308 g/mol. The lowest BCUT2D eigenvalue weighted by atomic mass is 10.2. The van der Waals surface area contributed by atoms with Gasteiger partial charge in [0.2, 0.25) is 0 Å². The highest BCUT2D eigenvalue weighted by Gasteiger charge is 2.20. The fourth-order valence-electron chi connectivity index (χ4n) is 1.96. The lowest BCUT2D eigenvalue weighted by molar-refractivity contribution is 0.0791. The monoisotopic (exact) mass is 307 g/mol. The van der Waals surface area contributed by atoms with Gasteiger partial charge in [-0.2, -0.15) is 5.26 Å². The van der Waals surface area contributed by atoms with E-state index in [0.717, 1.165) is 10.1 Å². The van der Waals surface area contributed by atoms with Crippen molar-refractivity contribution in [2.24, 2.45) is 5.92 Å². The van der Waals surface area contributed by atoms with E-state index in [4.69, 9.17) is 22.6 Å². The minimum absolute atomic E-state index is 0.165. The number of carbonyl (C=O) groups excluding carboxylic acids is 1. The molecule has 4 nitrogen and oxygen atoms in total. The summed E-state index contributed by atoms with van der Waals surface area (Å²) in [6.07, 6.45) is 0. The Balaban J connectivity index is 2.35. The van der Waals surface area contributed by atoms with Crippen molar-refractivity contribution >= 4 is 44.6 Å². The van der Waals surface area contributed by atoms with Crippen LogP contribution in [0.1, 0.15) is 16.6 Å². The number of benzene rings is 1. The molecule has 0 aliphatic heterocycles. The quantitative estimate of drug-likeness (QED) is 0.945. The summed E-state index contributed by atoms with van der Waals surface area (Å²) >= 11 is 7.27. The number of halogens is 1. The van der Waals surface area contributed by atoms with Gasteiger partial charge in [0.05, 0.1) is 17.7 Å². The van der Waals surface area contributed by atoms with Crippen LogP contribution in [0, 0.1) is 17.2 Å². The summed E-state index contributed by atoms with van der Waals surface area (Å²) in [4.78, 5) is 14.4. The number of fused-ring (bicyclic) bond motifs is 1. The van der Waals surface area contributed by atoms with Gasteiger partial charge in [-0.25, -0.2) is 0 Å². The van der Waals surface area contributed by atoms with Gasteiger partial charge in [0.15, 0.2) is 0 Å². The van der Waals surface area contributed by atoms with Crippen molar-refractivity contribution in [1.29, 1.82) is 5.26 Å². The minimum atomic E-state index is -0.214. The third-order valence-electron chi connectivity index (χ3n) is 3.00. The highest BCUT2D eigenvalue weighted by Crippen LogP contribution is 2.35. The summed E-state index contributed by atoms with van der Waals surface area (Å²) < 4.78 is 0.889. The van der Waals surface area contributed by atoms with Gasteiger partial charge >= 0.3 is 0 Å². The number of thiophene rings is 1. The second-order valence-corrected chi connectivity index (χ2v) is 6.19. The van der Waals surface area contributed by atoms with Crippen molar-refractivity contribution in [1.82, 2.24) is 4.90 Å². The Labute approximate surface area is 126 Å². The molecule has 0 saturated heterocycles. The Morgan fingerprint density at radius 2 is 2.30 bits per heavy atom. The molecule has 1 unspecified atom stereocenters. The van der Waals surface area contributed by atoms with Crippen LogP contribution in [0.15, 0.2) is 18.2 Å². The Bertz CT molecular complexity index is 704. The highest BCUT2D eigenvalue weighted by atomic mass is 35.5. The maximum Gasteiger partial charge on any atom is 0.265 e. The molecule has 6 heteroatoms. The van der Waals surface area contributed by atoms with E-state index in [2.05, 4.69) is 6.07 Å². The summed E-state index contributed by atoms with van der Waals surface area (Å²) in [6.45, 7) is 2.15. The number of hydrogen-bond acceptors (Lipinski definition) is 4. The first kappa shape index (κ1) is 14.6. The van der Waals surface area contributed by atoms with E-state index < -0.39 is 0 Å². The van der Waals surface area contributed by atoms with Crippen molar-refractivity contribution in [2.75, 3.05) is 19.3 Å². The van der Waals surface area contributed by atoms with Crippen LogP contribution < -0.4 is 5.73 Å². The first-order valence-electron chi connectivity index (χ1n) is 6.06. The fourth-order valence-corrected chi connectivity index (χ4v) is 3.35. The zero-order valence-corrected chi connectivity index (χ0v) is 12.8. The van der Waals surface area contributed by atoms with Gasteiger partial charge in [0, 0.05) is 28.7 Å². The molecule has 0 radical (unpaired) electrons. The van der Waals surface area contributed by atoms with Crippen LogP contribution in [0.3, 0.4) is 0 Å². The summed E-state index contributed by atoms with van der Waals surface area (Å²) in [6, 6.07) is 7.48. The normalized spacial score (nSPS) is 12.1. The molecular weight excluding hydrogens is 294 g/mol. The van der Waals surface area contributed by atoms with Crippen molar-refractivity contribution in [3.8, 4) is 6.07 Å². The molecule has 0 saturated carbocycles. The summed E-state index contributed by atoms with van der Waals surface area (Å²) in [5.74, 6) is -0.379. The number of nitrogens with zero attached hydrogens (tertiary/aromatic N) is 2. The number of nitrogen functional groups attached to an aromatic ring is 1. The number of nitrogens with two attached hydrogens (primary N) is 1. The molecule has 1 atom stereocenters. The van der Waals surface area contributed by atoms with Crippen LogP contribution in [0.25, 0.3) is 10.1 Å². The summed E-state index contributed by atoms with van der Waals surface area (Å²) in [7, 11) is 1.67. The molecule has 1 heterocycles. The molecule has 0 aliphatic rings. The molecule has 0 aliphatic carbocycles. The molecule has 1 aromatic heterocycles. The number of carbonyl (C=O) groups is 1. The molecule has 0 bridgehead atoms. The van der Waals surface area contributed by atoms with Crippen molar-refractivity contribution < 1.29 is 4.79 Å². The molecule has 20 heavy (non-hydrogen) atoms. The van der Waals surface area contributed by atoms with Gasteiger partial charge in [-0.1, -0.05) is 11.6 Å². The standard InChI is InChI=1S/C14H14ClN3OS/c1-8(6-16)7-18(2)14(19)13-12(17)10-4-3-9(15)5-11(10)20-13/h3-5,8H,7,17H2,1-2H3. The number of hydrogen-bond donors (Lipinski definition) is 1. The molecule has 0 fully saturated rings. The van der Waals surface area contributed by atoms with E-state index in [0.29, 0.717) is 22.1 Å². The van der Waals surface area contributed by atoms with E-state index in [9.17, 15) is 4.79 Å². The lowest BCUT2D eigenvalue weighted by Gasteiger charge is -2.17. The minimum Gasteiger partial charge on any atom is -0.397 e. The van der Waals surface area contributed by atoms with E-state index in [1.54, 1.807) is 26.1 Å². The molecular formula is C14H14ClN3OS. The number of nitriles is 1. The van der Waals surface area contributed by atoms with Crippen LogP contribution in [-0.4, -0.2) is 24.4 Å². The van der Waals surface area contributed by atoms with Gasteiger partial charge < -0.3 is 10.6 Å². The second kappa shape index (κ2) is 5.70. The molecule has 2 rings (SSSR count).